The predicted molar refractivity (Wildman–Crippen MR) is 67.5 cm³/mol. The van der Waals surface area contributed by atoms with E-state index in [1.54, 1.807) is 4.90 Å². The first-order valence-corrected chi connectivity index (χ1v) is 6.01. The topological polar surface area (TPSA) is 72.4 Å². The van der Waals surface area contributed by atoms with Crippen LogP contribution in [0.25, 0.3) is 0 Å². The van der Waals surface area contributed by atoms with Crippen LogP contribution in [0.3, 0.4) is 0 Å². The molecule has 0 spiro atoms. The van der Waals surface area contributed by atoms with Crippen LogP contribution in [0.4, 0.5) is 15.8 Å². The summed E-state index contributed by atoms with van der Waals surface area (Å²) in [5.74, 6) is -0.646. The van der Waals surface area contributed by atoms with Gasteiger partial charge in [0, 0.05) is 31.3 Å². The van der Waals surface area contributed by atoms with E-state index in [9.17, 15) is 14.5 Å². The maximum absolute atomic E-state index is 13.4. The second-order valence-electron chi connectivity index (χ2n) is 4.34. The van der Waals surface area contributed by atoms with Crippen molar-refractivity contribution < 1.29 is 9.31 Å². The number of nitrogens with zero attached hydrogens (tertiary/aromatic N) is 2. The lowest BCUT2D eigenvalue weighted by Gasteiger charge is -2.31. The van der Waals surface area contributed by atoms with Crippen LogP contribution in [0.15, 0.2) is 12.1 Å². The predicted octanol–water partition coefficient (Wildman–Crippen LogP) is 2.31. The molecule has 1 fully saturated rings. The van der Waals surface area contributed by atoms with Crippen molar-refractivity contribution in [2.24, 2.45) is 5.73 Å². The molecular weight excluding hydrogens is 261 g/mol. The van der Waals surface area contributed by atoms with Crippen molar-refractivity contribution in [3.63, 3.8) is 0 Å². The number of hydrogen-bond donors (Lipinski definition) is 1. The Morgan fingerprint density at radius 2 is 2.06 bits per heavy atom. The number of nitro benzene ring substituents is 1. The molecule has 1 saturated heterocycles. The molecule has 2 rings (SSSR count). The van der Waals surface area contributed by atoms with Crippen LogP contribution in [-0.4, -0.2) is 24.1 Å². The van der Waals surface area contributed by atoms with Gasteiger partial charge in [-0.05, 0) is 12.8 Å². The van der Waals surface area contributed by atoms with Crippen LogP contribution in [0.1, 0.15) is 12.8 Å². The van der Waals surface area contributed by atoms with Gasteiger partial charge >= 0.3 is 0 Å². The van der Waals surface area contributed by atoms with Crippen molar-refractivity contribution in [2.45, 2.75) is 18.9 Å². The van der Waals surface area contributed by atoms with Gasteiger partial charge in [-0.25, -0.2) is 4.39 Å². The summed E-state index contributed by atoms with van der Waals surface area (Å²) in [5.41, 5.74) is 5.87. The Morgan fingerprint density at radius 1 is 1.44 bits per heavy atom. The molecule has 0 bridgehead atoms. The number of anilines is 1. The zero-order chi connectivity index (χ0) is 13.3. The largest absolute Gasteiger partial charge is 0.366 e. The Balaban J connectivity index is 2.36. The van der Waals surface area contributed by atoms with Crippen molar-refractivity contribution >= 4 is 23.0 Å². The SMILES string of the molecule is NC1CCN(c2cc(F)c(Cl)cc2[N+](=O)[O-])CC1. The molecule has 0 radical (unpaired) electrons. The van der Waals surface area contributed by atoms with Gasteiger partial charge in [-0.3, -0.25) is 10.1 Å². The normalized spacial score (nSPS) is 16.9. The highest BCUT2D eigenvalue weighted by Crippen LogP contribution is 2.34. The molecule has 2 N–H and O–H groups in total. The Labute approximate surface area is 108 Å². The number of hydrogen-bond acceptors (Lipinski definition) is 4. The summed E-state index contributed by atoms with van der Waals surface area (Å²) >= 11 is 5.57. The molecule has 5 nitrogen and oxygen atoms in total. The molecule has 0 aliphatic carbocycles. The van der Waals surface area contributed by atoms with Crippen LogP contribution >= 0.6 is 11.6 Å². The lowest BCUT2D eigenvalue weighted by atomic mass is 10.1. The minimum absolute atomic E-state index is 0.109. The fourth-order valence-corrected chi connectivity index (χ4v) is 2.22. The van der Waals surface area contributed by atoms with E-state index in [2.05, 4.69) is 0 Å². The molecule has 0 atom stereocenters. The van der Waals surface area contributed by atoms with Gasteiger partial charge in [0.15, 0.2) is 0 Å². The van der Waals surface area contributed by atoms with Gasteiger partial charge in [0.2, 0.25) is 0 Å². The van der Waals surface area contributed by atoms with Gasteiger partial charge in [-0.15, -0.1) is 0 Å². The second kappa shape index (κ2) is 5.07. The molecule has 0 saturated carbocycles. The third kappa shape index (κ3) is 2.54. The Kier molecular flexibility index (Phi) is 3.68. The zero-order valence-corrected chi connectivity index (χ0v) is 10.4. The fraction of sp³-hybridized carbons (Fsp3) is 0.455. The van der Waals surface area contributed by atoms with E-state index in [4.69, 9.17) is 17.3 Å². The van der Waals surface area contributed by atoms with E-state index in [0.29, 0.717) is 13.1 Å². The number of nitrogens with two attached hydrogens (primary N) is 1. The molecule has 0 unspecified atom stereocenters. The molecular formula is C11H13ClFN3O2. The number of piperidine rings is 1. The van der Waals surface area contributed by atoms with E-state index < -0.39 is 10.7 Å². The van der Waals surface area contributed by atoms with E-state index in [1.807, 2.05) is 0 Å². The summed E-state index contributed by atoms with van der Waals surface area (Å²) < 4.78 is 13.4. The maximum Gasteiger partial charge on any atom is 0.294 e. The van der Waals surface area contributed by atoms with Gasteiger partial charge < -0.3 is 10.6 Å². The highest BCUT2D eigenvalue weighted by molar-refractivity contribution is 6.31. The minimum atomic E-state index is -0.646. The summed E-state index contributed by atoms with van der Waals surface area (Å²) in [6, 6.07) is 2.29. The summed E-state index contributed by atoms with van der Waals surface area (Å²) in [7, 11) is 0. The second-order valence-corrected chi connectivity index (χ2v) is 4.74. The molecule has 98 valence electrons. The number of nitro groups is 1. The van der Waals surface area contributed by atoms with E-state index in [0.717, 1.165) is 25.0 Å². The number of halogens is 2. The Morgan fingerprint density at radius 3 is 2.61 bits per heavy atom. The molecule has 1 aromatic rings. The lowest BCUT2D eigenvalue weighted by molar-refractivity contribution is -0.384. The molecule has 0 amide bonds. The summed E-state index contributed by atoms with van der Waals surface area (Å²) in [6.07, 6.45) is 1.47. The molecule has 1 aliphatic rings. The molecule has 1 aliphatic heterocycles. The van der Waals surface area contributed by atoms with E-state index in [1.165, 1.54) is 0 Å². The highest BCUT2D eigenvalue weighted by atomic mass is 35.5. The average molecular weight is 274 g/mol. The van der Waals surface area contributed by atoms with Gasteiger partial charge in [-0.2, -0.15) is 0 Å². The number of rotatable bonds is 2. The van der Waals surface area contributed by atoms with Crippen LogP contribution < -0.4 is 10.6 Å². The van der Waals surface area contributed by atoms with Gasteiger partial charge in [-0.1, -0.05) is 11.6 Å². The van der Waals surface area contributed by atoms with Crippen molar-refractivity contribution in [3.8, 4) is 0 Å². The first-order chi connectivity index (χ1) is 8.49. The zero-order valence-electron chi connectivity index (χ0n) is 9.60. The molecule has 1 aromatic carbocycles. The monoisotopic (exact) mass is 273 g/mol. The van der Waals surface area contributed by atoms with Crippen LogP contribution in [0.2, 0.25) is 5.02 Å². The van der Waals surface area contributed by atoms with E-state index in [-0.39, 0.29) is 22.4 Å². The highest BCUT2D eigenvalue weighted by Gasteiger charge is 2.25. The van der Waals surface area contributed by atoms with Gasteiger partial charge in [0.1, 0.15) is 11.5 Å². The summed E-state index contributed by atoms with van der Waals surface area (Å²) in [6.45, 7) is 1.17. The van der Waals surface area contributed by atoms with Crippen LogP contribution in [-0.2, 0) is 0 Å². The van der Waals surface area contributed by atoms with Crippen LogP contribution in [0, 0.1) is 15.9 Å². The fourth-order valence-electron chi connectivity index (χ4n) is 2.07. The van der Waals surface area contributed by atoms with Crippen LogP contribution in [0.5, 0.6) is 0 Å². The molecule has 1 heterocycles. The number of benzene rings is 1. The Bertz CT molecular complexity index is 476. The average Bonchev–Trinajstić information content (AvgIpc) is 2.33. The standard InChI is InChI=1S/C11H13ClFN3O2/c12-8-5-11(16(17)18)10(6-9(8)13)15-3-1-7(14)2-4-15/h5-7H,1-4,14H2. The first-order valence-electron chi connectivity index (χ1n) is 5.63. The van der Waals surface area contributed by atoms with Crippen molar-refractivity contribution in [1.82, 2.24) is 0 Å². The van der Waals surface area contributed by atoms with Crippen molar-refractivity contribution in [1.29, 1.82) is 0 Å². The summed E-state index contributed by atoms with van der Waals surface area (Å²) in [5, 5.41) is 10.7. The quantitative estimate of drug-likeness (QED) is 0.663. The van der Waals surface area contributed by atoms with Crippen molar-refractivity contribution in [2.75, 3.05) is 18.0 Å². The Hall–Kier alpha value is -1.40. The lowest BCUT2D eigenvalue weighted by Crippen LogP contribution is -2.39. The van der Waals surface area contributed by atoms with Gasteiger partial charge in [0.05, 0.1) is 9.95 Å². The molecule has 18 heavy (non-hydrogen) atoms. The summed E-state index contributed by atoms with van der Waals surface area (Å²) in [4.78, 5) is 12.2. The minimum Gasteiger partial charge on any atom is -0.366 e. The maximum atomic E-state index is 13.4. The third-order valence-corrected chi connectivity index (χ3v) is 3.38. The van der Waals surface area contributed by atoms with Gasteiger partial charge in [0.25, 0.3) is 5.69 Å². The molecule has 0 aromatic heterocycles. The first kappa shape index (κ1) is 13.0. The third-order valence-electron chi connectivity index (χ3n) is 3.09. The van der Waals surface area contributed by atoms with Crippen molar-refractivity contribution in [3.05, 3.63) is 33.1 Å². The van der Waals surface area contributed by atoms with E-state index >= 15 is 0 Å². The molecule has 7 heteroatoms. The smallest absolute Gasteiger partial charge is 0.294 e.